The minimum Gasteiger partial charge on any atom is -0.202 e. The molecule has 1 heterocycles. The quantitative estimate of drug-likeness (QED) is 0.898. The van der Waals surface area contributed by atoms with Gasteiger partial charge in [0.2, 0.25) is 0 Å². The van der Waals surface area contributed by atoms with Crippen LogP contribution in [0.5, 0.6) is 0 Å². The van der Waals surface area contributed by atoms with E-state index < -0.39 is 10.2 Å². The molecule has 1 N–H and O–H groups in total. The van der Waals surface area contributed by atoms with Gasteiger partial charge in [0.05, 0.1) is 0 Å². The van der Waals surface area contributed by atoms with Gasteiger partial charge in [0.1, 0.15) is 0 Å². The smallest absolute Gasteiger partial charge is 0.202 e. The van der Waals surface area contributed by atoms with E-state index in [2.05, 4.69) is 4.72 Å². The molecule has 0 atom stereocenters. The van der Waals surface area contributed by atoms with Gasteiger partial charge in [-0.05, 0) is 37.0 Å². The Morgan fingerprint density at radius 1 is 1.15 bits per heavy atom. The topological polar surface area (TPSA) is 49.4 Å². The van der Waals surface area contributed by atoms with Crippen molar-refractivity contribution in [3.8, 4) is 0 Å². The van der Waals surface area contributed by atoms with Crippen LogP contribution in [0.25, 0.3) is 0 Å². The van der Waals surface area contributed by atoms with Crippen LogP contribution in [-0.2, 0) is 16.6 Å². The van der Waals surface area contributed by atoms with Gasteiger partial charge in [-0.1, -0.05) is 35.7 Å². The Morgan fingerprint density at radius 2 is 1.85 bits per heavy atom. The summed E-state index contributed by atoms with van der Waals surface area (Å²) >= 11 is 11.9. The molecule has 0 aromatic heterocycles. The van der Waals surface area contributed by atoms with E-state index in [1.165, 1.54) is 4.31 Å². The number of benzene rings is 1. The van der Waals surface area contributed by atoms with Crippen LogP contribution in [0.3, 0.4) is 0 Å². The number of halogens is 2. The lowest BCUT2D eigenvalue weighted by molar-refractivity contribution is 0.342. The third kappa shape index (κ3) is 4.33. The second-order valence-corrected chi connectivity index (χ2v) is 7.44. The highest BCUT2D eigenvalue weighted by Gasteiger charge is 2.22. The van der Waals surface area contributed by atoms with E-state index >= 15 is 0 Å². The average Bonchev–Trinajstić information content (AvgIpc) is 2.42. The van der Waals surface area contributed by atoms with Gasteiger partial charge < -0.3 is 0 Å². The van der Waals surface area contributed by atoms with E-state index in [0.717, 1.165) is 24.8 Å². The first-order valence-electron chi connectivity index (χ1n) is 6.68. The van der Waals surface area contributed by atoms with Crippen LogP contribution >= 0.6 is 23.2 Å². The number of nitrogens with zero attached hydrogens (tertiary/aromatic N) is 1. The van der Waals surface area contributed by atoms with E-state index in [4.69, 9.17) is 23.2 Å². The molecule has 1 aromatic carbocycles. The molecular formula is C13H18Cl2N2O2S. The highest BCUT2D eigenvalue weighted by Crippen LogP contribution is 2.21. The third-order valence-corrected chi connectivity index (χ3v) is 5.55. The summed E-state index contributed by atoms with van der Waals surface area (Å²) in [6.45, 7) is 1.55. The van der Waals surface area contributed by atoms with Crippen molar-refractivity contribution in [1.82, 2.24) is 9.03 Å². The summed E-state index contributed by atoms with van der Waals surface area (Å²) in [4.78, 5) is 0. The summed E-state index contributed by atoms with van der Waals surface area (Å²) < 4.78 is 28.3. The van der Waals surface area contributed by atoms with Crippen molar-refractivity contribution in [3.63, 3.8) is 0 Å². The summed E-state index contributed by atoms with van der Waals surface area (Å²) in [7, 11) is -3.36. The molecule has 0 bridgehead atoms. The van der Waals surface area contributed by atoms with E-state index in [1.54, 1.807) is 12.1 Å². The van der Waals surface area contributed by atoms with Gasteiger partial charge in [-0.2, -0.15) is 12.7 Å². The lowest BCUT2D eigenvalue weighted by atomic mass is 10.1. The first-order chi connectivity index (χ1) is 9.49. The van der Waals surface area contributed by atoms with Crippen LogP contribution < -0.4 is 4.72 Å². The molecule has 0 amide bonds. The van der Waals surface area contributed by atoms with E-state index in [1.807, 2.05) is 6.07 Å². The molecule has 20 heavy (non-hydrogen) atoms. The molecule has 1 fully saturated rings. The average molecular weight is 337 g/mol. The Kier molecular flexibility index (Phi) is 5.69. The number of piperidine rings is 1. The summed E-state index contributed by atoms with van der Waals surface area (Å²) in [5.41, 5.74) is 0.886. The second-order valence-electron chi connectivity index (χ2n) is 4.84. The fourth-order valence-corrected chi connectivity index (χ4v) is 4.02. The lowest BCUT2D eigenvalue weighted by Gasteiger charge is -2.25. The van der Waals surface area contributed by atoms with Crippen molar-refractivity contribution in [2.75, 3.05) is 19.6 Å². The molecule has 4 nitrogen and oxygen atoms in total. The van der Waals surface area contributed by atoms with Crippen LogP contribution in [-0.4, -0.2) is 32.4 Å². The predicted molar refractivity (Wildman–Crippen MR) is 82.5 cm³/mol. The molecule has 1 saturated heterocycles. The van der Waals surface area contributed by atoms with Gasteiger partial charge in [0.25, 0.3) is 10.2 Å². The zero-order chi connectivity index (χ0) is 14.6. The van der Waals surface area contributed by atoms with Crippen LogP contribution in [0.15, 0.2) is 18.2 Å². The van der Waals surface area contributed by atoms with Gasteiger partial charge in [0.15, 0.2) is 0 Å². The Balaban J connectivity index is 1.88. The van der Waals surface area contributed by atoms with Crippen molar-refractivity contribution < 1.29 is 8.42 Å². The summed E-state index contributed by atoms with van der Waals surface area (Å²) in [6.07, 6.45) is 3.52. The van der Waals surface area contributed by atoms with Crippen molar-refractivity contribution >= 4 is 33.4 Å². The fourth-order valence-electron chi connectivity index (χ4n) is 2.24. The Hall–Kier alpha value is -0.330. The Labute approximate surface area is 130 Å². The number of hydrogen-bond donors (Lipinski definition) is 1. The molecule has 112 valence electrons. The summed E-state index contributed by atoms with van der Waals surface area (Å²) in [6, 6.07) is 5.24. The second kappa shape index (κ2) is 7.09. The molecule has 1 aliphatic rings. The number of rotatable bonds is 5. The molecule has 0 unspecified atom stereocenters. The number of nitrogens with one attached hydrogen (secondary N) is 1. The van der Waals surface area contributed by atoms with Crippen LogP contribution in [0, 0.1) is 0 Å². The third-order valence-electron chi connectivity index (χ3n) is 3.35. The molecule has 1 aliphatic heterocycles. The van der Waals surface area contributed by atoms with E-state index in [9.17, 15) is 8.42 Å². The van der Waals surface area contributed by atoms with Crippen LogP contribution in [0.2, 0.25) is 10.0 Å². The molecule has 0 saturated carbocycles. The molecular weight excluding hydrogens is 319 g/mol. The maximum absolute atomic E-state index is 12.1. The molecule has 0 spiro atoms. The van der Waals surface area contributed by atoms with Gasteiger partial charge in [-0.3, -0.25) is 0 Å². The van der Waals surface area contributed by atoms with Crippen molar-refractivity contribution in [2.45, 2.75) is 25.7 Å². The molecule has 0 radical (unpaired) electrons. The van der Waals surface area contributed by atoms with Gasteiger partial charge in [0, 0.05) is 29.7 Å². The van der Waals surface area contributed by atoms with Crippen molar-refractivity contribution in [1.29, 1.82) is 0 Å². The largest absolute Gasteiger partial charge is 0.279 e. The maximum atomic E-state index is 12.1. The van der Waals surface area contributed by atoms with Crippen LogP contribution in [0.1, 0.15) is 24.8 Å². The van der Waals surface area contributed by atoms with Crippen molar-refractivity contribution in [2.24, 2.45) is 0 Å². The van der Waals surface area contributed by atoms with Gasteiger partial charge in [-0.15, -0.1) is 0 Å². The molecule has 1 aromatic rings. The number of hydrogen-bond acceptors (Lipinski definition) is 2. The lowest BCUT2D eigenvalue weighted by Crippen LogP contribution is -2.43. The maximum Gasteiger partial charge on any atom is 0.279 e. The van der Waals surface area contributed by atoms with E-state index in [0.29, 0.717) is 36.1 Å². The standard InChI is InChI=1S/C13H18Cl2N2O2S/c14-12-5-4-11(13(15)10-12)6-7-16-20(18,19)17-8-2-1-3-9-17/h4-5,10,16H,1-3,6-9H2. The first kappa shape index (κ1) is 16.0. The predicted octanol–water partition coefficient (Wildman–Crippen LogP) is 2.86. The highest BCUT2D eigenvalue weighted by atomic mass is 35.5. The minimum atomic E-state index is -3.36. The molecule has 2 rings (SSSR count). The zero-order valence-corrected chi connectivity index (χ0v) is 13.4. The summed E-state index contributed by atoms with van der Waals surface area (Å²) in [5.74, 6) is 0. The van der Waals surface area contributed by atoms with Crippen LogP contribution in [0.4, 0.5) is 0 Å². The summed E-state index contributed by atoms with van der Waals surface area (Å²) in [5, 5.41) is 1.14. The van der Waals surface area contributed by atoms with E-state index in [-0.39, 0.29) is 0 Å². The monoisotopic (exact) mass is 336 g/mol. The van der Waals surface area contributed by atoms with Gasteiger partial charge >= 0.3 is 0 Å². The Bertz CT molecular complexity index is 557. The highest BCUT2D eigenvalue weighted by molar-refractivity contribution is 7.87. The molecule has 0 aliphatic carbocycles. The van der Waals surface area contributed by atoms with Crippen molar-refractivity contribution in [3.05, 3.63) is 33.8 Å². The Morgan fingerprint density at radius 3 is 2.50 bits per heavy atom. The normalized spacial score (nSPS) is 17.3. The zero-order valence-electron chi connectivity index (χ0n) is 11.1. The fraction of sp³-hybridized carbons (Fsp3) is 0.538. The van der Waals surface area contributed by atoms with Gasteiger partial charge in [-0.25, -0.2) is 4.72 Å². The minimum absolute atomic E-state index is 0.334. The first-order valence-corrected chi connectivity index (χ1v) is 8.87. The molecule has 7 heteroatoms. The SMILES string of the molecule is O=S(=O)(NCCc1ccc(Cl)cc1Cl)N1CCCCC1.